The van der Waals surface area contributed by atoms with Gasteiger partial charge in [0.1, 0.15) is 0 Å². The number of hydrogen-bond donors (Lipinski definition) is 1. The Bertz CT molecular complexity index is 245. The zero-order valence-corrected chi connectivity index (χ0v) is 9.53. The molecule has 15 heavy (non-hydrogen) atoms. The van der Waals surface area contributed by atoms with Gasteiger partial charge in [-0.1, -0.05) is 0 Å². The summed E-state index contributed by atoms with van der Waals surface area (Å²) in [5.41, 5.74) is 0. The number of amides is 1. The van der Waals surface area contributed by atoms with E-state index in [1.807, 2.05) is 11.9 Å². The quantitative estimate of drug-likeness (QED) is 0.719. The maximum Gasteiger partial charge on any atom is 0.240 e. The van der Waals surface area contributed by atoms with Crippen molar-refractivity contribution in [3.05, 3.63) is 0 Å². The number of carbonyl (C=O) groups excluding carboxylic acids is 1. The zero-order chi connectivity index (χ0) is 10.8. The molecule has 3 atom stereocenters. The molecule has 0 spiro atoms. The minimum Gasteiger partial charge on any atom is -0.378 e. The largest absolute Gasteiger partial charge is 0.378 e. The predicted octanol–water partition coefficient (Wildman–Crippen LogP) is 0.374. The molecule has 2 rings (SSSR count). The molecule has 0 aromatic carbocycles. The Balaban J connectivity index is 1.96. The lowest BCUT2D eigenvalue weighted by Gasteiger charge is -2.34. The summed E-state index contributed by atoms with van der Waals surface area (Å²) in [5.74, 6) is 0.275. The van der Waals surface area contributed by atoms with Crippen LogP contribution in [0, 0.1) is 0 Å². The van der Waals surface area contributed by atoms with Crippen molar-refractivity contribution in [2.75, 3.05) is 20.2 Å². The molecule has 2 aliphatic rings. The van der Waals surface area contributed by atoms with E-state index in [0.29, 0.717) is 12.1 Å². The van der Waals surface area contributed by atoms with Crippen molar-refractivity contribution in [1.82, 2.24) is 10.2 Å². The van der Waals surface area contributed by atoms with Gasteiger partial charge in [-0.15, -0.1) is 0 Å². The summed E-state index contributed by atoms with van der Waals surface area (Å²) in [7, 11) is 1.86. The molecule has 2 fully saturated rings. The van der Waals surface area contributed by atoms with Crippen LogP contribution >= 0.6 is 0 Å². The number of likely N-dealkylation sites (tertiary alicyclic amines) is 1. The van der Waals surface area contributed by atoms with Crippen molar-refractivity contribution < 1.29 is 9.53 Å². The first kappa shape index (κ1) is 10.9. The molecule has 3 unspecified atom stereocenters. The number of likely N-dealkylation sites (N-methyl/N-ethyl adjacent to an activating group) is 1. The molecular weight excluding hydrogens is 192 g/mol. The van der Waals surface area contributed by atoms with E-state index in [-0.39, 0.29) is 11.9 Å². The highest BCUT2D eigenvalue weighted by atomic mass is 16.5. The molecule has 2 saturated heterocycles. The molecule has 1 N–H and O–H groups in total. The first-order valence-electron chi connectivity index (χ1n) is 5.81. The van der Waals surface area contributed by atoms with Crippen LogP contribution in [0.2, 0.25) is 0 Å². The van der Waals surface area contributed by atoms with Crippen LogP contribution in [-0.4, -0.2) is 49.2 Å². The maximum atomic E-state index is 12.0. The molecule has 0 aliphatic carbocycles. The van der Waals surface area contributed by atoms with E-state index in [9.17, 15) is 4.79 Å². The van der Waals surface area contributed by atoms with Gasteiger partial charge in [0.05, 0.1) is 12.1 Å². The molecule has 0 radical (unpaired) electrons. The van der Waals surface area contributed by atoms with E-state index in [1.54, 1.807) is 0 Å². The summed E-state index contributed by atoms with van der Waals surface area (Å²) >= 11 is 0. The topological polar surface area (TPSA) is 41.6 Å². The number of ether oxygens (including phenoxy) is 1. The average Bonchev–Trinajstić information content (AvgIpc) is 2.59. The third-order valence-electron chi connectivity index (χ3n) is 3.49. The second-order valence-electron chi connectivity index (χ2n) is 4.52. The summed E-state index contributed by atoms with van der Waals surface area (Å²) in [5, 5.41) is 3.07. The molecule has 1 amide bonds. The van der Waals surface area contributed by atoms with Gasteiger partial charge in [-0.05, 0) is 33.2 Å². The van der Waals surface area contributed by atoms with Gasteiger partial charge in [0.25, 0.3) is 0 Å². The van der Waals surface area contributed by atoms with Gasteiger partial charge in [0, 0.05) is 19.2 Å². The van der Waals surface area contributed by atoms with E-state index in [0.717, 1.165) is 32.4 Å². The summed E-state index contributed by atoms with van der Waals surface area (Å²) in [6.07, 6.45) is 3.22. The fraction of sp³-hybridized carbons (Fsp3) is 0.909. The van der Waals surface area contributed by atoms with Crippen LogP contribution in [-0.2, 0) is 9.53 Å². The standard InChI is InChI=1S/C11H20N2O2/c1-8-7-9(4-6-15-8)13-5-3-10(12-2)11(13)14/h8-10,12H,3-7H2,1-2H3. The molecule has 2 aliphatic heterocycles. The molecule has 4 nitrogen and oxygen atoms in total. The van der Waals surface area contributed by atoms with E-state index >= 15 is 0 Å². The van der Waals surface area contributed by atoms with Gasteiger partial charge < -0.3 is 15.0 Å². The number of rotatable bonds is 2. The van der Waals surface area contributed by atoms with E-state index in [1.165, 1.54) is 0 Å². The molecule has 4 heteroatoms. The van der Waals surface area contributed by atoms with Gasteiger partial charge in [0.15, 0.2) is 0 Å². The Kier molecular flexibility index (Phi) is 3.26. The fourth-order valence-electron chi connectivity index (χ4n) is 2.59. The van der Waals surface area contributed by atoms with Crippen LogP contribution < -0.4 is 5.32 Å². The lowest BCUT2D eigenvalue weighted by Crippen LogP contribution is -2.45. The molecular formula is C11H20N2O2. The number of nitrogens with one attached hydrogen (secondary N) is 1. The minimum absolute atomic E-state index is 0.0446. The van der Waals surface area contributed by atoms with E-state index in [4.69, 9.17) is 4.74 Å². The van der Waals surface area contributed by atoms with E-state index < -0.39 is 0 Å². The predicted molar refractivity (Wildman–Crippen MR) is 57.6 cm³/mol. The van der Waals surface area contributed by atoms with Crippen molar-refractivity contribution in [2.24, 2.45) is 0 Å². The Morgan fingerprint density at radius 3 is 2.87 bits per heavy atom. The highest BCUT2D eigenvalue weighted by Crippen LogP contribution is 2.23. The maximum absolute atomic E-state index is 12.0. The Labute approximate surface area is 91.0 Å². The van der Waals surface area contributed by atoms with Crippen LogP contribution in [0.15, 0.2) is 0 Å². The highest BCUT2D eigenvalue weighted by Gasteiger charge is 2.36. The van der Waals surface area contributed by atoms with Gasteiger partial charge in [-0.3, -0.25) is 4.79 Å². The Hall–Kier alpha value is -0.610. The van der Waals surface area contributed by atoms with Crippen LogP contribution in [0.4, 0.5) is 0 Å². The second kappa shape index (κ2) is 4.49. The molecule has 0 saturated carbocycles. The van der Waals surface area contributed by atoms with Crippen LogP contribution in [0.5, 0.6) is 0 Å². The monoisotopic (exact) mass is 212 g/mol. The first-order valence-corrected chi connectivity index (χ1v) is 5.81. The van der Waals surface area contributed by atoms with Crippen LogP contribution in [0.25, 0.3) is 0 Å². The fourth-order valence-corrected chi connectivity index (χ4v) is 2.59. The lowest BCUT2D eigenvalue weighted by molar-refractivity contribution is -0.133. The average molecular weight is 212 g/mol. The lowest BCUT2D eigenvalue weighted by atomic mass is 10.0. The SMILES string of the molecule is CNC1CCN(C2CCOC(C)C2)C1=O. The van der Waals surface area contributed by atoms with Crippen molar-refractivity contribution in [3.63, 3.8) is 0 Å². The van der Waals surface area contributed by atoms with E-state index in [2.05, 4.69) is 12.2 Å². The molecule has 2 heterocycles. The van der Waals surface area contributed by atoms with Gasteiger partial charge in [0.2, 0.25) is 5.91 Å². The summed E-state index contributed by atoms with van der Waals surface area (Å²) in [6.45, 7) is 3.78. The second-order valence-corrected chi connectivity index (χ2v) is 4.52. The smallest absolute Gasteiger partial charge is 0.240 e. The Morgan fingerprint density at radius 2 is 2.27 bits per heavy atom. The van der Waals surface area contributed by atoms with Crippen molar-refractivity contribution in [1.29, 1.82) is 0 Å². The molecule has 86 valence electrons. The van der Waals surface area contributed by atoms with Gasteiger partial charge in [-0.2, -0.15) is 0 Å². The summed E-state index contributed by atoms with van der Waals surface area (Å²) < 4.78 is 5.50. The number of carbonyl (C=O) groups is 1. The molecule has 0 aromatic rings. The van der Waals surface area contributed by atoms with Crippen LogP contribution in [0.1, 0.15) is 26.2 Å². The zero-order valence-electron chi connectivity index (χ0n) is 9.53. The van der Waals surface area contributed by atoms with Crippen molar-refractivity contribution in [3.8, 4) is 0 Å². The van der Waals surface area contributed by atoms with Gasteiger partial charge >= 0.3 is 0 Å². The number of nitrogens with zero attached hydrogens (tertiary/aromatic N) is 1. The Morgan fingerprint density at radius 1 is 1.47 bits per heavy atom. The molecule has 0 bridgehead atoms. The van der Waals surface area contributed by atoms with Gasteiger partial charge in [-0.25, -0.2) is 0 Å². The minimum atomic E-state index is 0.0446. The highest BCUT2D eigenvalue weighted by molar-refractivity contribution is 5.84. The summed E-state index contributed by atoms with van der Waals surface area (Å²) in [6, 6.07) is 0.447. The van der Waals surface area contributed by atoms with Crippen molar-refractivity contribution in [2.45, 2.75) is 44.4 Å². The van der Waals surface area contributed by atoms with Crippen LogP contribution in [0.3, 0.4) is 0 Å². The third kappa shape index (κ3) is 2.16. The first-order chi connectivity index (χ1) is 7.22. The summed E-state index contributed by atoms with van der Waals surface area (Å²) in [4.78, 5) is 14.0. The normalized spacial score (nSPS) is 37.3. The third-order valence-corrected chi connectivity index (χ3v) is 3.49. The molecule has 0 aromatic heterocycles. The number of hydrogen-bond acceptors (Lipinski definition) is 3. The van der Waals surface area contributed by atoms with Crippen molar-refractivity contribution >= 4 is 5.91 Å².